The van der Waals surface area contributed by atoms with Crippen molar-refractivity contribution in [1.29, 1.82) is 0 Å². The summed E-state index contributed by atoms with van der Waals surface area (Å²) >= 11 is 5.42. The molecule has 0 aliphatic heterocycles. The van der Waals surface area contributed by atoms with Gasteiger partial charge in [-0.15, -0.1) is 11.3 Å². The van der Waals surface area contributed by atoms with Crippen LogP contribution in [0.4, 0.5) is 0 Å². The fourth-order valence-corrected chi connectivity index (χ4v) is 3.61. The van der Waals surface area contributed by atoms with E-state index in [1.54, 1.807) is 11.3 Å². The summed E-state index contributed by atoms with van der Waals surface area (Å²) in [7, 11) is 0. The molecule has 19 heavy (non-hydrogen) atoms. The molecule has 0 bridgehead atoms. The van der Waals surface area contributed by atoms with Crippen molar-refractivity contribution >= 4 is 27.3 Å². The van der Waals surface area contributed by atoms with Crippen LogP contribution in [0.3, 0.4) is 0 Å². The van der Waals surface area contributed by atoms with E-state index in [4.69, 9.17) is 0 Å². The van der Waals surface area contributed by atoms with E-state index in [9.17, 15) is 0 Å². The highest BCUT2D eigenvalue weighted by molar-refractivity contribution is 9.10. The van der Waals surface area contributed by atoms with Gasteiger partial charge in [-0.05, 0) is 58.4 Å². The summed E-state index contributed by atoms with van der Waals surface area (Å²) in [5, 5.41) is 5.75. The molecule has 0 amide bonds. The average Bonchev–Trinajstić information content (AvgIpc) is 2.80. The number of hydrogen-bond donors (Lipinski definition) is 1. The van der Waals surface area contributed by atoms with Gasteiger partial charge >= 0.3 is 0 Å². The normalized spacial score (nSPS) is 12.6. The van der Waals surface area contributed by atoms with Crippen LogP contribution in [0, 0.1) is 6.92 Å². The predicted molar refractivity (Wildman–Crippen MR) is 85.7 cm³/mol. The number of thiophene rings is 1. The SMILES string of the molecule is CCCNC(Cc1sccc1Br)c1cncc(C)c1. The van der Waals surface area contributed by atoms with E-state index >= 15 is 0 Å². The first kappa shape index (κ1) is 14.7. The molecule has 0 saturated carbocycles. The van der Waals surface area contributed by atoms with Crippen LogP contribution < -0.4 is 5.32 Å². The molecular weight excluding hydrogens is 320 g/mol. The van der Waals surface area contributed by atoms with Crippen LogP contribution in [0.2, 0.25) is 0 Å². The molecule has 0 spiro atoms. The van der Waals surface area contributed by atoms with Crippen molar-refractivity contribution in [3.05, 3.63) is 50.4 Å². The molecule has 102 valence electrons. The second-order valence-electron chi connectivity index (χ2n) is 4.70. The summed E-state index contributed by atoms with van der Waals surface area (Å²) < 4.78 is 1.21. The highest BCUT2D eigenvalue weighted by Crippen LogP contribution is 2.28. The molecule has 2 aromatic rings. The lowest BCUT2D eigenvalue weighted by Gasteiger charge is -2.18. The highest BCUT2D eigenvalue weighted by Gasteiger charge is 2.14. The molecule has 0 radical (unpaired) electrons. The summed E-state index contributed by atoms with van der Waals surface area (Å²) in [5.41, 5.74) is 2.49. The molecule has 1 unspecified atom stereocenters. The van der Waals surface area contributed by atoms with E-state index in [1.165, 1.54) is 20.5 Å². The van der Waals surface area contributed by atoms with E-state index < -0.39 is 0 Å². The van der Waals surface area contributed by atoms with Gasteiger partial charge in [-0.25, -0.2) is 0 Å². The predicted octanol–water partition coefficient (Wildman–Crippen LogP) is 4.50. The first-order chi connectivity index (χ1) is 9.20. The fourth-order valence-electron chi connectivity index (χ4n) is 2.05. The quantitative estimate of drug-likeness (QED) is 0.838. The van der Waals surface area contributed by atoms with Gasteiger partial charge < -0.3 is 5.32 Å². The molecule has 0 aliphatic carbocycles. The zero-order valence-corrected chi connectivity index (χ0v) is 13.7. The van der Waals surface area contributed by atoms with Crippen molar-refractivity contribution in [3.63, 3.8) is 0 Å². The number of nitrogens with one attached hydrogen (secondary N) is 1. The van der Waals surface area contributed by atoms with Gasteiger partial charge in [0.05, 0.1) is 0 Å². The van der Waals surface area contributed by atoms with Crippen LogP contribution in [0.15, 0.2) is 34.4 Å². The largest absolute Gasteiger partial charge is 0.310 e. The Balaban J connectivity index is 2.18. The lowest BCUT2D eigenvalue weighted by atomic mass is 10.0. The van der Waals surface area contributed by atoms with Gasteiger partial charge in [-0.1, -0.05) is 13.0 Å². The first-order valence-electron chi connectivity index (χ1n) is 6.57. The van der Waals surface area contributed by atoms with Crippen LogP contribution in [0.25, 0.3) is 0 Å². The van der Waals surface area contributed by atoms with E-state index in [0.717, 1.165) is 19.4 Å². The monoisotopic (exact) mass is 338 g/mol. The van der Waals surface area contributed by atoms with Crippen LogP contribution in [0.5, 0.6) is 0 Å². The molecule has 0 fully saturated rings. The number of pyridine rings is 1. The summed E-state index contributed by atoms with van der Waals surface area (Å²) in [4.78, 5) is 5.70. The summed E-state index contributed by atoms with van der Waals surface area (Å²) in [6.45, 7) is 5.32. The van der Waals surface area contributed by atoms with E-state index in [-0.39, 0.29) is 0 Å². The first-order valence-corrected chi connectivity index (χ1v) is 8.24. The number of aromatic nitrogens is 1. The molecule has 0 saturated heterocycles. The third-order valence-electron chi connectivity index (χ3n) is 3.02. The van der Waals surface area contributed by atoms with Crippen LogP contribution in [0.1, 0.15) is 35.4 Å². The molecule has 1 atom stereocenters. The van der Waals surface area contributed by atoms with Gasteiger partial charge in [-0.3, -0.25) is 4.98 Å². The fraction of sp³-hybridized carbons (Fsp3) is 0.400. The Hall–Kier alpha value is -0.710. The van der Waals surface area contributed by atoms with Crippen LogP contribution >= 0.6 is 27.3 Å². The van der Waals surface area contributed by atoms with Gasteiger partial charge in [0, 0.05) is 34.2 Å². The Morgan fingerprint density at radius 1 is 1.42 bits per heavy atom. The maximum atomic E-state index is 4.32. The third-order valence-corrected chi connectivity index (χ3v) is 4.97. The second kappa shape index (κ2) is 7.17. The minimum absolute atomic E-state index is 0.335. The maximum Gasteiger partial charge on any atom is 0.0384 e. The van der Waals surface area contributed by atoms with Crippen molar-refractivity contribution in [3.8, 4) is 0 Å². The molecule has 0 aromatic carbocycles. The number of nitrogens with zero attached hydrogens (tertiary/aromatic N) is 1. The zero-order valence-electron chi connectivity index (χ0n) is 11.3. The van der Waals surface area contributed by atoms with E-state index in [2.05, 4.69) is 57.6 Å². The average molecular weight is 339 g/mol. The third kappa shape index (κ3) is 4.13. The van der Waals surface area contributed by atoms with Crippen molar-refractivity contribution in [2.75, 3.05) is 6.54 Å². The number of halogens is 1. The van der Waals surface area contributed by atoms with Gasteiger partial charge in [0.25, 0.3) is 0 Å². The standard InChI is InChI=1S/C15H19BrN2S/c1-3-5-18-14(8-15-13(16)4-6-19-15)12-7-11(2)9-17-10-12/h4,6-7,9-10,14,18H,3,5,8H2,1-2H3. The lowest BCUT2D eigenvalue weighted by Crippen LogP contribution is -2.24. The topological polar surface area (TPSA) is 24.9 Å². The molecule has 2 nitrogen and oxygen atoms in total. The smallest absolute Gasteiger partial charge is 0.0384 e. The second-order valence-corrected chi connectivity index (χ2v) is 6.55. The lowest BCUT2D eigenvalue weighted by molar-refractivity contribution is 0.530. The van der Waals surface area contributed by atoms with Crippen LogP contribution in [-0.2, 0) is 6.42 Å². The molecule has 0 aliphatic rings. The van der Waals surface area contributed by atoms with Gasteiger partial charge in [0.1, 0.15) is 0 Å². The van der Waals surface area contributed by atoms with Crippen molar-refractivity contribution in [2.24, 2.45) is 0 Å². The van der Waals surface area contributed by atoms with Crippen molar-refractivity contribution in [2.45, 2.75) is 32.7 Å². The zero-order chi connectivity index (χ0) is 13.7. The van der Waals surface area contributed by atoms with E-state index in [1.807, 2.05) is 12.4 Å². The number of rotatable bonds is 6. The molecule has 1 N–H and O–H groups in total. The van der Waals surface area contributed by atoms with Gasteiger partial charge in [-0.2, -0.15) is 0 Å². The van der Waals surface area contributed by atoms with E-state index in [0.29, 0.717) is 6.04 Å². The minimum Gasteiger partial charge on any atom is -0.310 e. The molecule has 2 rings (SSSR count). The highest BCUT2D eigenvalue weighted by atomic mass is 79.9. The summed E-state index contributed by atoms with van der Waals surface area (Å²) in [6, 6.07) is 4.68. The Labute approximate surface area is 127 Å². The number of aryl methyl sites for hydroxylation is 1. The Morgan fingerprint density at radius 3 is 2.89 bits per heavy atom. The van der Waals surface area contributed by atoms with Crippen LogP contribution in [-0.4, -0.2) is 11.5 Å². The summed E-state index contributed by atoms with van der Waals surface area (Å²) in [6.07, 6.45) is 6.02. The Bertz CT molecular complexity index is 524. The maximum absolute atomic E-state index is 4.32. The van der Waals surface area contributed by atoms with Gasteiger partial charge in [0.2, 0.25) is 0 Å². The van der Waals surface area contributed by atoms with Crippen molar-refractivity contribution in [1.82, 2.24) is 10.3 Å². The van der Waals surface area contributed by atoms with Gasteiger partial charge in [0.15, 0.2) is 0 Å². The molecule has 2 aromatic heterocycles. The molecule has 4 heteroatoms. The molecule has 2 heterocycles. The molecular formula is C15H19BrN2S. The summed E-state index contributed by atoms with van der Waals surface area (Å²) in [5.74, 6) is 0. The Kier molecular flexibility index (Phi) is 5.55. The Morgan fingerprint density at radius 2 is 2.26 bits per heavy atom. The minimum atomic E-state index is 0.335. The number of hydrogen-bond acceptors (Lipinski definition) is 3. The van der Waals surface area contributed by atoms with Crippen molar-refractivity contribution < 1.29 is 0 Å².